The maximum atomic E-state index is 12.1. The van der Waals surface area contributed by atoms with Gasteiger partial charge < -0.3 is 11.1 Å². The Morgan fingerprint density at radius 2 is 2.08 bits per heavy atom. The first-order valence-electron chi connectivity index (χ1n) is 4.05. The van der Waals surface area contributed by atoms with Gasteiger partial charge in [0.25, 0.3) is 0 Å². The number of alkyl halides is 3. The quantitative estimate of drug-likeness (QED) is 0.631. The number of hydrogen-bond acceptors (Lipinski definition) is 2. The molecular formula is C7H13F3N2. The van der Waals surface area contributed by atoms with Gasteiger partial charge in [-0.1, -0.05) is 0 Å². The summed E-state index contributed by atoms with van der Waals surface area (Å²) in [5.41, 5.74) is 5.06. The number of rotatable bonds is 1. The second kappa shape index (κ2) is 3.62. The van der Waals surface area contributed by atoms with E-state index in [9.17, 15) is 13.2 Å². The Morgan fingerprint density at radius 3 is 2.50 bits per heavy atom. The van der Waals surface area contributed by atoms with E-state index in [1.54, 1.807) is 0 Å². The second-order valence-electron chi connectivity index (χ2n) is 3.17. The number of halogens is 3. The lowest BCUT2D eigenvalue weighted by Crippen LogP contribution is -2.49. The molecule has 1 heterocycles. The van der Waals surface area contributed by atoms with Gasteiger partial charge in [0.1, 0.15) is 6.04 Å². The topological polar surface area (TPSA) is 38.0 Å². The summed E-state index contributed by atoms with van der Waals surface area (Å²) in [5, 5.41) is 2.91. The molecule has 3 N–H and O–H groups in total. The molecule has 0 amide bonds. The number of hydrogen-bond donors (Lipinski definition) is 2. The van der Waals surface area contributed by atoms with E-state index in [-0.39, 0.29) is 0 Å². The van der Waals surface area contributed by atoms with Gasteiger partial charge in [-0.2, -0.15) is 13.2 Å². The lowest BCUT2D eigenvalue weighted by atomic mass is 9.92. The summed E-state index contributed by atoms with van der Waals surface area (Å²) in [7, 11) is 0. The molecule has 2 atom stereocenters. The molecule has 0 spiro atoms. The van der Waals surface area contributed by atoms with Gasteiger partial charge in [-0.3, -0.25) is 0 Å². The van der Waals surface area contributed by atoms with E-state index in [4.69, 9.17) is 5.73 Å². The zero-order valence-electron chi connectivity index (χ0n) is 6.69. The third-order valence-electron chi connectivity index (χ3n) is 2.22. The average Bonchev–Trinajstić information content (AvgIpc) is 2.03. The van der Waals surface area contributed by atoms with E-state index in [1.807, 2.05) is 0 Å². The van der Waals surface area contributed by atoms with Gasteiger partial charge in [-0.25, -0.2) is 0 Å². The van der Waals surface area contributed by atoms with Crippen molar-refractivity contribution >= 4 is 0 Å². The Bertz CT molecular complexity index is 140. The molecule has 5 heteroatoms. The van der Waals surface area contributed by atoms with Crippen LogP contribution in [0.1, 0.15) is 12.8 Å². The fourth-order valence-electron chi connectivity index (χ4n) is 1.45. The highest BCUT2D eigenvalue weighted by atomic mass is 19.4. The van der Waals surface area contributed by atoms with Gasteiger partial charge in [0, 0.05) is 0 Å². The summed E-state index contributed by atoms with van der Waals surface area (Å²) in [4.78, 5) is 0. The number of nitrogens with two attached hydrogens (primary N) is 1. The van der Waals surface area contributed by atoms with Crippen LogP contribution in [0.25, 0.3) is 0 Å². The van der Waals surface area contributed by atoms with Gasteiger partial charge in [0.05, 0.1) is 0 Å². The summed E-state index contributed by atoms with van der Waals surface area (Å²) in [6.45, 7) is 1.20. The van der Waals surface area contributed by atoms with Crippen molar-refractivity contribution in [2.24, 2.45) is 11.7 Å². The molecule has 0 radical (unpaired) electrons. The van der Waals surface area contributed by atoms with Crippen molar-refractivity contribution in [1.29, 1.82) is 0 Å². The van der Waals surface area contributed by atoms with E-state index in [2.05, 4.69) is 5.32 Å². The van der Waals surface area contributed by atoms with Crippen molar-refractivity contribution in [3.63, 3.8) is 0 Å². The molecule has 0 unspecified atom stereocenters. The van der Waals surface area contributed by atoms with Crippen LogP contribution in [0.5, 0.6) is 0 Å². The zero-order chi connectivity index (χ0) is 9.19. The molecule has 0 aliphatic carbocycles. The van der Waals surface area contributed by atoms with Crippen molar-refractivity contribution in [2.45, 2.75) is 25.1 Å². The second-order valence-corrected chi connectivity index (χ2v) is 3.17. The Kier molecular flexibility index (Phi) is 2.95. The fraction of sp³-hybridized carbons (Fsp3) is 1.00. The van der Waals surface area contributed by atoms with Crippen LogP contribution >= 0.6 is 0 Å². The normalized spacial score (nSPS) is 28.5. The first-order chi connectivity index (χ1) is 5.52. The molecule has 1 fully saturated rings. The maximum Gasteiger partial charge on any atom is 0.403 e. The molecule has 72 valence electrons. The highest BCUT2D eigenvalue weighted by molar-refractivity contribution is 4.83. The molecule has 0 aromatic rings. The smallest absolute Gasteiger partial charge is 0.320 e. The van der Waals surface area contributed by atoms with E-state index in [0.717, 1.165) is 13.0 Å². The lowest BCUT2D eigenvalue weighted by Gasteiger charge is -2.29. The zero-order valence-corrected chi connectivity index (χ0v) is 6.69. The van der Waals surface area contributed by atoms with E-state index in [0.29, 0.717) is 13.0 Å². The SMILES string of the molecule is N[C@@H]([C@H]1CCCNC1)C(F)(F)F. The first-order valence-corrected chi connectivity index (χ1v) is 4.05. The Balaban J connectivity index is 2.45. The van der Waals surface area contributed by atoms with Crippen LogP contribution in [-0.2, 0) is 0 Å². The first kappa shape index (κ1) is 9.80. The molecule has 0 aromatic carbocycles. The van der Waals surface area contributed by atoms with Gasteiger partial charge in [-0.05, 0) is 31.8 Å². The minimum Gasteiger partial charge on any atom is -0.320 e. The molecule has 1 rings (SSSR count). The highest BCUT2D eigenvalue weighted by Crippen LogP contribution is 2.27. The molecule has 0 saturated carbocycles. The number of nitrogens with one attached hydrogen (secondary N) is 1. The molecule has 2 nitrogen and oxygen atoms in total. The van der Waals surface area contributed by atoms with Gasteiger partial charge in [0.15, 0.2) is 0 Å². The van der Waals surface area contributed by atoms with Gasteiger partial charge >= 0.3 is 6.18 Å². The van der Waals surface area contributed by atoms with E-state index < -0.39 is 18.1 Å². The summed E-state index contributed by atoms with van der Waals surface area (Å²) >= 11 is 0. The minimum atomic E-state index is -4.25. The highest BCUT2D eigenvalue weighted by Gasteiger charge is 2.41. The monoisotopic (exact) mass is 182 g/mol. The molecule has 0 aromatic heterocycles. The molecule has 12 heavy (non-hydrogen) atoms. The van der Waals surface area contributed by atoms with Crippen molar-refractivity contribution in [2.75, 3.05) is 13.1 Å². The van der Waals surface area contributed by atoms with Crippen molar-refractivity contribution < 1.29 is 13.2 Å². The lowest BCUT2D eigenvalue weighted by molar-refractivity contribution is -0.160. The van der Waals surface area contributed by atoms with Crippen molar-refractivity contribution in [1.82, 2.24) is 5.32 Å². The average molecular weight is 182 g/mol. The van der Waals surface area contributed by atoms with Crippen LogP contribution in [0.2, 0.25) is 0 Å². The summed E-state index contributed by atoms with van der Waals surface area (Å²) in [6.07, 6.45) is -2.88. The van der Waals surface area contributed by atoms with Crippen LogP contribution in [0.4, 0.5) is 13.2 Å². The largest absolute Gasteiger partial charge is 0.403 e. The molecule has 1 aliphatic rings. The van der Waals surface area contributed by atoms with E-state index in [1.165, 1.54) is 0 Å². The molecule has 0 bridgehead atoms. The molecule has 1 saturated heterocycles. The van der Waals surface area contributed by atoms with Gasteiger partial charge in [-0.15, -0.1) is 0 Å². The Labute approximate surface area is 69.3 Å². The van der Waals surface area contributed by atoms with Crippen LogP contribution in [0.3, 0.4) is 0 Å². The summed E-state index contributed by atoms with van der Waals surface area (Å²) < 4.78 is 36.2. The van der Waals surface area contributed by atoms with Crippen LogP contribution < -0.4 is 11.1 Å². The number of piperidine rings is 1. The van der Waals surface area contributed by atoms with Gasteiger partial charge in [0.2, 0.25) is 0 Å². The predicted molar refractivity (Wildman–Crippen MR) is 39.6 cm³/mol. The fourth-order valence-corrected chi connectivity index (χ4v) is 1.45. The Hall–Kier alpha value is -0.290. The minimum absolute atomic E-state index is 0.390. The standard InChI is InChI=1S/C7H13F3N2/c8-7(9,10)6(11)5-2-1-3-12-4-5/h5-6,12H,1-4,11H2/t5-,6-/m0/s1. The van der Waals surface area contributed by atoms with Crippen LogP contribution in [0.15, 0.2) is 0 Å². The Morgan fingerprint density at radius 1 is 1.42 bits per heavy atom. The van der Waals surface area contributed by atoms with Crippen molar-refractivity contribution in [3.8, 4) is 0 Å². The van der Waals surface area contributed by atoms with Crippen LogP contribution in [-0.4, -0.2) is 25.3 Å². The molecule has 1 aliphatic heterocycles. The summed E-state index contributed by atoms with van der Waals surface area (Å²) in [6, 6.07) is -1.66. The third kappa shape index (κ3) is 2.35. The third-order valence-corrected chi connectivity index (χ3v) is 2.22. The molecular weight excluding hydrogens is 169 g/mol. The predicted octanol–water partition coefficient (Wildman–Crippen LogP) is 0.876. The van der Waals surface area contributed by atoms with Crippen LogP contribution in [0, 0.1) is 5.92 Å². The van der Waals surface area contributed by atoms with E-state index >= 15 is 0 Å². The summed E-state index contributed by atoms with van der Waals surface area (Å²) in [5.74, 6) is -0.446. The maximum absolute atomic E-state index is 12.1. The van der Waals surface area contributed by atoms with Crippen molar-refractivity contribution in [3.05, 3.63) is 0 Å².